The minimum Gasteiger partial charge on any atom is -0.459 e. The van der Waals surface area contributed by atoms with Crippen LogP contribution in [0.25, 0.3) is 0 Å². The molecule has 3 heteroatoms. The van der Waals surface area contributed by atoms with Crippen molar-refractivity contribution in [3.8, 4) is 0 Å². The molecule has 0 fully saturated rings. The fraction of sp³-hybridized carbons (Fsp3) is 0.688. The highest BCUT2D eigenvalue weighted by atomic mass is 16.3. The van der Waals surface area contributed by atoms with Gasteiger partial charge in [-0.3, -0.25) is 4.79 Å². The summed E-state index contributed by atoms with van der Waals surface area (Å²) in [6.07, 6.45) is 9.85. The van der Waals surface area contributed by atoms with Gasteiger partial charge in [-0.05, 0) is 25.0 Å². The summed E-state index contributed by atoms with van der Waals surface area (Å²) in [5.41, 5.74) is 0. The first-order valence-corrected chi connectivity index (χ1v) is 7.62. The average Bonchev–Trinajstić information content (AvgIpc) is 2.95. The van der Waals surface area contributed by atoms with Crippen molar-refractivity contribution in [2.45, 2.75) is 58.8 Å². The van der Waals surface area contributed by atoms with Crippen molar-refractivity contribution in [2.75, 3.05) is 13.1 Å². The van der Waals surface area contributed by atoms with Crippen molar-refractivity contribution in [3.63, 3.8) is 0 Å². The molecule has 0 saturated heterocycles. The predicted octanol–water partition coefficient (Wildman–Crippen LogP) is 4.49. The normalized spacial score (nSPS) is 10.6. The third kappa shape index (κ3) is 5.95. The summed E-state index contributed by atoms with van der Waals surface area (Å²) in [6, 6.07) is 3.52. The van der Waals surface area contributed by atoms with Crippen molar-refractivity contribution >= 4 is 5.91 Å². The molecule has 19 heavy (non-hydrogen) atoms. The van der Waals surface area contributed by atoms with E-state index < -0.39 is 0 Å². The van der Waals surface area contributed by atoms with Crippen molar-refractivity contribution in [3.05, 3.63) is 24.2 Å². The molecule has 0 N–H and O–H groups in total. The van der Waals surface area contributed by atoms with Crippen LogP contribution >= 0.6 is 0 Å². The predicted molar refractivity (Wildman–Crippen MR) is 78.3 cm³/mol. The van der Waals surface area contributed by atoms with E-state index in [-0.39, 0.29) is 5.91 Å². The van der Waals surface area contributed by atoms with E-state index in [1.807, 2.05) is 4.90 Å². The Labute approximate surface area is 117 Å². The van der Waals surface area contributed by atoms with Crippen LogP contribution in [-0.4, -0.2) is 23.9 Å². The first-order valence-electron chi connectivity index (χ1n) is 7.62. The largest absolute Gasteiger partial charge is 0.459 e. The molecule has 1 aromatic rings. The molecule has 3 nitrogen and oxygen atoms in total. The summed E-state index contributed by atoms with van der Waals surface area (Å²) in [5.74, 6) is 0.499. The summed E-state index contributed by atoms with van der Waals surface area (Å²) in [5, 5.41) is 0. The number of carbonyl (C=O) groups is 1. The van der Waals surface area contributed by atoms with Gasteiger partial charge >= 0.3 is 0 Å². The summed E-state index contributed by atoms with van der Waals surface area (Å²) in [6.45, 7) is 6.05. The second-order valence-electron chi connectivity index (χ2n) is 5.04. The van der Waals surface area contributed by atoms with E-state index in [0.29, 0.717) is 5.76 Å². The third-order valence-corrected chi connectivity index (χ3v) is 3.33. The molecule has 108 valence electrons. The lowest BCUT2D eigenvalue weighted by Gasteiger charge is -2.21. The van der Waals surface area contributed by atoms with E-state index in [1.165, 1.54) is 25.7 Å². The van der Waals surface area contributed by atoms with Gasteiger partial charge in [0.15, 0.2) is 5.76 Å². The van der Waals surface area contributed by atoms with Crippen molar-refractivity contribution < 1.29 is 9.21 Å². The monoisotopic (exact) mass is 265 g/mol. The maximum Gasteiger partial charge on any atom is 0.289 e. The Balaban J connectivity index is 2.40. The molecule has 0 aliphatic carbocycles. The van der Waals surface area contributed by atoms with Crippen LogP contribution in [0, 0.1) is 0 Å². The molecular weight excluding hydrogens is 238 g/mol. The second-order valence-corrected chi connectivity index (χ2v) is 5.04. The Morgan fingerprint density at radius 1 is 1.05 bits per heavy atom. The van der Waals surface area contributed by atoms with Crippen LogP contribution in [0.3, 0.4) is 0 Å². The van der Waals surface area contributed by atoms with Crippen molar-refractivity contribution in [2.24, 2.45) is 0 Å². The first kappa shape index (κ1) is 15.8. The maximum atomic E-state index is 12.3. The van der Waals surface area contributed by atoms with Gasteiger partial charge < -0.3 is 9.32 Å². The Morgan fingerprint density at radius 2 is 1.74 bits per heavy atom. The van der Waals surface area contributed by atoms with E-state index in [1.54, 1.807) is 18.4 Å². The molecule has 0 unspecified atom stereocenters. The maximum absolute atomic E-state index is 12.3. The Hall–Kier alpha value is -1.25. The van der Waals surface area contributed by atoms with Crippen molar-refractivity contribution in [1.29, 1.82) is 0 Å². The number of carbonyl (C=O) groups excluding carboxylic acids is 1. The molecule has 1 amide bonds. The van der Waals surface area contributed by atoms with E-state index in [9.17, 15) is 4.79 Å². The lowest BCUT2D eigenvalue weighted by molar-refractivity contribution is 0.0718. The molecule has 0 radical (unpaired) electrons. The standard InChI is InChI=1S/C16H27NO2/c1-3-5-7-8-9-13-17(12-6-4-2)16(18)15-11-10-14-19-15/h10-11,14H,3-9,12-13H2,1-2H3. The van der Waals surface area contributed by atoms with Gasteiger partial charge in [-0.25, -0.2) is 0 Å². The average molecular weight is 265 g/mol. The number of unbranched alkanes of at least 4 members (excludes halogenated alkanes) is 5. The molecule has 0 aromatic carbocycles. The number of furan rings is 1. The van der Waals surface area contributed by atoms with E-state index in [0.717, 1.165) is 32.4 Å². The molecule has 1 aromatic heterocycles. The zero-order valence-electron chi connectivity index (χ0n) is 12.4. The fourth-order valence-corrected chi connectivity index (χ4v) is 2.13. The van der Waals surface area contributed by atoms with Gasteiger partial charge in [-0.2, -0.15) is 0 Å². The molecule has 0 saturated carbocycles. The van der Waals surface area contributed by atoms with Gasteiger partial charge in [-0.15, -0.1) is 0 Å². The summed E-state index contributed by atoms with van der Waals surface area (Å²) < 4.78 is 5.21. The molecule has 0 spiro atoms. The highest BCUT2D eigenvalue weighted by Crippen LogP contribution is 2.10. The molecule has 1 heterocycles. The Kier molecular flexibility index (Phi) is 8.03. The van der Waals surface area contributed by atoms with Crippen LogP contribution in [0.4, 0.5) is 0 Å². The number of nitrogens with zero attached hydrogens (tertiary/aromatic N) is 1. The highest BCUT2D eigenvalue weighted by molar-refractivity contribution is 5.91. The van der Waals surface area contributed by atoms with Gasteiger partial charge in [0.2, 0.25) is 0 Å². The minimum atomic E-state index is 0.0361. The third-order valence-electron chi connectivity index (χ3n) is 3.33. The van der Waals surface area contributed by atoms with Gasteiger partial charge in [0, 0.05) is 13.1 Å². The van der Waals surface area contributed by atoms with Crippen LogP contribution in [0.5, 0.6) is 0 Å². The SMILES string of the molecule is CCCCCCCN(CCCC)C(=O)c1ccco1. The second kappa shape index (κ2) is 9.65. The van der Waals surface area contributed by atoms with Gasteiger partial charge in [0.1, 0.15) is 0 Å². The fourth-order valence-electron chi connectivity index (χ4n) is 2.13. The van der Waals surface area contributed by atoms with E-state index in [4.69, 9.17) is 4.42 Å². The van der Waals surface area contributed by atoms with E-state index in [2.05, 4.69) is 13.8 Å². The van der Waals surface area contributed by atoms with E-state index >= 15 is 0 Å². The number of hydrogen-bond donors (Lipinski definition) is 0. The highest BCUT2D eigenvalue weighted by Gasteiger charge is 2.16. The molecule has 0 bridgehead atoms. The molecule has 0 aliphatic heterocycles. The topological polar surface area (TPSA) is 33.5 Å². The first-order chi connectivity index (χ1) is 9.29. The minimum absolute atomic E-state index is 0.0361. The summed E-state index contributed by atoms with van der Waals surface area (Å²) in [7, 11) is 0. The van der Waals surface area contributed by atoms with Crippen LogP contribution in [0.15, 0.2) is 22.8 Å². The van der Waals surface area contributed by atoms with Crippen LogP contribution < -0.4 is 0 Å². The number of rotatable bonds is 10. The lowest BCUT2D eigenvalue weighted by atomic mass is 10.1. The molecule has 0 aliphatic rings. The Bertz CT molecular complexity index is 333. The van der Waals surface area contributed by atoms with Crippen LogP contribution in [0.2, 0.25) is 0 Å². The smallest absolute Gasteiger partial charge is 0.289 e. The lowest BCUT2D eigenvalue weighted by Crippen LogP contribution is -2.32. The molecule has 1 rings (SSSR count). The van der Waals surface area contributed by atoms with Crippen LogP contribution in [0.1, 0.15) is 69.3 Å². The van der Waals surface area contributed by atoms with Gasteiger partial charge in [0.05, 0.1) is 6.26 Å². The summed E-state index contributed by atoms with van der Waals surface area (Å²) in [4.78, 5) is 14.2. The molecule has 0 atom stereocenters. The quantitative estimate of drug-likeness (QED) is 0.584. The number of hydrogen-bond acceptors (Lipinski definition) is 2. The zero-order valence-corrected chi connectivity index (χ0v) is 12.4. The Morgan fingerprint density at radius 3 is 2.37 bits per heavy atom. The summed E-state index contributed by atoms with van der Waals surface area (Å²) >= 11 is 0. The number of amides is 1. The zero-order chi connectivity index (χ0) is 13.9. The van der Waals surface area contributed by atoms with Crippen molar-refractivity contribution in [1.82, 2.24) is 4.90 Å². The van der Waals surface area contributed by atoms with Crippen LogP contribution in [-0.2, 0) is 0 Å². The molecular formula is C16H27NO2. The van der Waals surface area contributed by atoms with Gasteiger partial charge in [-0.1, -0.05) is 46.0 Å². The van der Waals surface area contributed by atoms with Gasteiger partial charge in [0.25, 0.3) is 5.91 Å².